The molecular weight excluding hydrogens is 455 g/mol. The van der Waals surface area contributed by atoms with Gasteiger partial charge in [-0.2, -0.15) is 0 Å². The summed E-state index contributed by atoms with van der Waals surface area (Å²) in [7, 11) is 0. The zero-order valence-corrected chi connectivity index (χ0v) is 18.3. The fraction of sp³-hybridized carbons (Fsp3) is 0.0870. The van der Waals surface area contributed by atoms with Crippen molar-refractivity contribution in [2.24, 2.45) is 0 Å². The van der Waals surface area contributed by atoms with Crippen LogP contribution in [0.15, 0.2) is 75.3 Å². The summed E-state index contributed by atoms with van der Waals surface area (Å²) in [5.74, 6) is -0.537. The van der Waals surface area contributed by atoms with E-state index in [1.54, 1.807) is 43.3 Å². The number of halogens is 2. The first-order valence-corrected chi connectivity index (χ1v) is 10.6. The van der Waals surface area contributed by atoms with E-state index >= 15 is 0 Å². The maximum atomic E-state index is 13.3. The monoisotopic (exact) mass is 470 g/mol. The second kappa shape index (κ2) is 9.42. The Balaban J connectivity index is 1.61. The van der Waals surface area contributed by atoms with Gasteiger partial charge >= 0.3 is 5.97 Å². The number of aromatic carboxylic acids is 1. The number of carboxylic acid groups (broad SMARTS) is 1. The molecule has 0 aliphatic rings. The molecule has 6 nitrogen and oxygen atoms in total. The minimum atomic E-state index is -0.997. The Hall–Kier alpha value is -3.36. The summed E-state index contributed by atoms with van der Waals surface area (Å²) < 4.78 is 25.1. The van der Waals surface area contributed by atoms with Crippen LogP contribution in [0.3, 0.4) is 0 Å². The Labute approximate surface area is 192 Å². The number of carboxylic acids is 1. The van der Waals surface area contributed by atoms with E-state index in [0.717, 1.165) is 0 Å². The van der Waals surface area contributed by atoms with Gasteiger partial charge in [0.2, 0.25) is 5.89 Å². The van der Waals surface area contributed by atoms with Crippen LogP contribution >= 0.6 is 23.4 Å². The Bertz CT molecular complexity index is 1260. The van der Waals surface area contributed by atoms with E-state index < -0.39 is 5.97 Å². The van der Waals surface area contributed by atoms with Crippen molar-refractivity contribution in [2.45, 2.75) is 23.6 Å². The van der Waals surface area contributed by atoms with Gasteiger partial charge in [0, 0.05) is 11.8 Å². The van der Waals surface area contributed by atoms with Crippen LogP contribution in [0.2, 0.25) is 5.02 Å². The van der Waals surface area contributed by atoms with Crippen LogP contribution in [-0.4, -0.2) is 21.0 Å². The Kier molecular flexibility index (Phi) is 6.43. The van der Waals surface area contributed by atoms with Gasteiger partial charge in [-0.1, -0.05) is 11.6 Å². The summed E-state index contributed by atoms with van der Waals surface area (Å²) in [4.78, 5) is 20.0. The van der Waals surface area contributed by atoms with Gasteiger partial charge in [-0.25, -0.2) is 19.2 Å². The number of carbonyl (C=O) groups is 1. The second-order valence-corrected chi connectivity index (χ2v) is 8.18. The summed E-state index contributed by atoms with van der Waals surface area (Å²) in [5, 5.41) is 10.8. The minimum Gasteiger partial charge on any atom is -0.487 e. The molecule has 0 aliphatic carbocycles. The lowest BCUT2D eigenvalue weighted by atomic mass is 10.1. The van der Waals surface area contributed by atoms with Crippen LogP contribution in [0, 0.1) is 12.7 Å². The molecule has 2 aromatic heterocycles. The molecule has 1 N–H and O–H groups in total. The quantitative estimate of drug-likeness (QED) is 0.341. The van der Waals surface area contributed by atoms with Gasteiger partial charge in [-0.3, -0.25) is 0 Å². The Morgan fingerprint density at radius 3 is 2.62 bits per heavy atom. The van der Waals surface area contributed by atoms with Crippen LogP contribution in [0.1, 0.15) is 21.6 Å². The van der Waals surface area contributed by atoms with E-state index in [9.17, 15) is 14.3 Å². The zero-order chi connectivity index (χ0) is 22.7. The first-order chi connectivity index (χ1) is 15.4. The van der Waals surface area contributed by atoms with E-state index in [1.165, 1.54) is 36.2 Å². The van der Waals surface area contributed by atoms with Crippen LogP contribution in [0.4, 0.5) is 4.39 Å². The summed E-state index contributed by atoms with van der Waals surface area (Å²) in [6.45, 7) is 1.78. The number of nitrogens with zero attached hydrogens (tertiary/aromatic N) is 2. The van der Waals surface area contributed by atoms with E-state index in [2.05, 4.69) is 9.97 Å². The topological polar surface area (TPSA) is 85.5 Å². The smallest absolute Gasteiger partial charge is 0.335 e. The molecule has 0 fully saturated rings. The highest BCUT2D eigenvalue weighted by Crippen LogP contribution is 2.34. The van der Waals surface area contributed by atoms with Crippen molar-refractivity contribution in [3.63, 3.8) is 0 Å². The molecule has 2 heterocycles. The number of pyridine rings is 1. The van der Waals surface area contributed by atoms with E-state index in [0.29, 0.717) is 43.6 Å². The highest BCUT2D eigenvalue weighted by Gasteiger charge is 2.18. The normalized spacial score (nSPS) is 10.8. The number of aryl methyl sites for hydroxylation is 1. The minimum absolute atomic E-state index is 0.0759. The predicted molar refractivity (Wildman–Crippen MR) is 118 cm³/mol. The lowest BCUT2D eigenvalue weighted by molar-refractivity contribution is 0.0696. The van der Waals surface area contributed by atoms with Crippen LogP contribution in [0.25, 0.3) is 11.5 Å². The maximum Gasteiger partial charge on any atom is 0.335 e. The predicted octanol–water partition coefficient (Wildman–Crippen LogP) is 6.27. The number of rotatable bonds is 7. The number of oxazole rings is 1. The van der Waals surface area contributed by atoms with Gasteiger partial charge in [0.05, 0.1) is 10.6 Å². The van der Waals surface area contributed by atoms with E-state index in [-0.39, 0.29) is 18.0 Å². The molecule has 0 unspecified atom stereocenters. The second-order valence-electron chi connectivity index (χ2n) is 6.75. The molecule has 9 heteroatoms. The average molecular weight is 471 g/mol. The third kappa shape index (κ3) is 5.09. The van der Waals surface area contributed by atoms with Crippen molar-refractivity contribution in [1.82, 2.24) is 9.97 Å². The van der Waals surface area contributed by atoms with Crippen LogP contribution < -0.4 is 4.74 Å². The molecular formula is C23H16ClFN2O4S. The molecule has 0 saturated carbocycles. The van der Waals surface area contributed by atoms with Gasteiger partial charge in [-0.15, -0.1) is 0 Å². The van der Waals surface area contributed by atoms with Gasteiger partial charge in [0.15, 0.2) is 5.09 Å². The molecule has 32 heavy (non-hydrogen) atoms. The van der Waals surface area contributed by atoms with Crippen LogP contribution in [-0.2, 0) is 6.61 Å². The molecule has 0 saturated heterocycles. The lowest BCUT2D eigenvalue weighted by Gasteiger charge is -2.07. The van der Waals surface area contributed by atoms with Crippen molar-refractivity contribution >= 4 is 29.3 Å². The van der Waals surface area contributed by atoms with Crippen molar-refractivity contribution in [2.75, 3.05) is 0 Å². The van der Waals surface area contributed by atoms with E-state index in [1.807, 2.05) is 0 Å². The fourth-order valence-electron chi connectivity index (χ4n) is 2.86. The summed E-state index contributed by atoms with van der Waals surface area (Å²) in [6.07, 6.45) is 1.53. The molecule has 2 aromatic carbocycles. The maximum absolute atomic E-state index is 13.3. The highest BCUT2D eigenvalue weighted by molar-refractivity contribution is 7.99. The molecule has 0 spiro atoms. The van der Waals surface area contributed by atoms with Gasteiger partial charge < -0.3 is 14.3 Å². The van der Waals surface area contributed by atoms with Gasteiger partial charge in [0.1, 0.15) is 28.9 Å². The number of aromatic nitrogens is 2. The summed E-state index contributed by atoms with van der Waals surface area (Å²) in [5.41, 5.74) is 1.93. The fourth-order valence-corrected chi connectivity index (χ4v) is 3.75. The Morgan fingerprint density at radius 2 is 1.97 bits per heavy atom. The molecule has 4 aromatic rings. The number of ether oxygens (including phenoxy) is 1. The van der Waals surface area contributed by atoms with Gasteiger partial charge in [0.25, 0.3) is 0 Å². The number of benzene rings is 2. The van der Waals surface area contributed by atoms with Crippen molar-refractivity contribution in [1.29, 1.82) is 0 Å². The largest absolute Gasteiger partial charge is 0.487 e. The van der Waals surface area contributed by atoms with Crippen molar-refractivity contribution in [3.8, 4) is 17.2 Å². The number of hydrogen-bond donors (Lipinski definition) is 1. The molecule has 4 rings (SSSR count). The molecule has 0 aliphatic heterocycles. The first-order valence-electron chi connectivity index (χ1n) is 9.41. The van der Waals surface area contributed by atoms with Crippen molar-refractivity contribution in [3.05, 3.63) is 88.5 Å². The molecule has 0 radical (unpaired) electrons. The third-order valence-corrected chi connectivity index (χ3v) is 5.63. The summed E-state index contributed by atoms with van der Waals surface area (Å²) in [6, 6.07) is 14.0. The van der Waals surface area contributed by atoms with Crippen molar-refractivity contribution < 1.29 is 23.4 Å². The summed E-state index contributed by atoms with van der Waals surface area (Å²) >= 11 is 7.16. The third-order valence-electron chi connectivity index (χ3n) is 4.45. The van der Waals surface area contributed by atoms with Crippen LogP contribution in [0.5, 0.6) is 5.75 Å². The van der Waals surface area contributed by atoms with E-state index in [4.69, 9.17) is 20.8 Å². The molecule has 162 valence electrons. The zero-order valence-electron chi connectivity index (χ0n) is 16.7. The number of hydrogen-bond acceptors (Lipinski definition) is 6. The average Bonchev–Trinajstić information content (AvgIpc) is 3.16. The highest BCUT2D eigenvalue weighted by atomic mass is 35.5. The SMILES string of the molecule is Cc1cc(OCc2nc(-c3ccc(F)cc3)oc2Sc2ccc(Cl)cn2)ccc1C(=O)O. The molecule has 0 bridgehead atoms. The molecule has 0 amide bonds. The lowest BCUT2D eigenvalue weighted by Crippen LogP contribution is -2.01. The Morgan fingerprint density at radius 1 is 1.19 bits per heavy atom. The van der Waals surface area contributed by atoms with Gasteiger partial charge in [-0.05, 0) is 78.8 Å². The first kappa shape index (κ1) is 21.9. The standard InChI is InChI=1S/C23H16ClFN2O4S/c1-13-10-17(7-8-18(13)22(28)29)30-12-19-23(32-20-9-4-15(24)11-26-20)31-21(27-19)14-2-5-16(25)6-3-14/h2-11H,12H2,1H3,(H,28,29). The molecule has 0 atom stereocenters.